The molecular weight excluding hydrogens is 352 g/mol. The van der Waals surface area contributed by atoms with Gasteiger partial charge in [0.15, 0.2) is 6.61 Å². The number of nitrogens with one attached hydrogen (secondary N) is 1. The van der Waals surface area contributed by atoms with Gasteiger partial charge >= 0.3 is 5.97 Å². The van der Waals surface area contributed by atoms with Crippen LogP contribution in [0.15, 0.2) is 53.4 Å². The van der Waals surface area contributed by atoms with Crippen LogP contribution in [-0.2, 0) is 26.9 Å². The van der Waals surface area contributed by atoms with E-state index in [0.29, 0.717) is 11.4 Å². The zero-order chi connectivity index (χ0) is 19.1. The first kappa shape index (κ1) is 19.7. The monoisotopic (exact) mass is 374 g/mol. The van der Waals surface area contributed by atoms with Crippen LogP contribution in [0.1, 0.15) is 15.9 Å². The third kappa shape index (κ3) is 5.42. The molecule has 0 aromatic heterocycles. The van der Waals surface area contributed by atoms with E-state index in [2.05, 4.69) is 5.32 Å². The van der Waals surface area contributed by atoms with Crippen LogP contribution in [0.25, 0.3) is 0 Å². The van der Waals surface area contributed by atoms with Gasteiger partial charge in [-0.1, -0.05) is 24.3 Å². The summed E-state index contributed by atoms with van der Waals surface area (Å²) >= 11 is 0. The number of esters is 1. The van der Waals surface area contributed by atoms with Gasteiger partial charge in [-0.15, -0.1) is 0 Å². The van der Waals surface area contributed by atoms with E-state index >= 15 is 0 Å². The van der Waals surface area contributed by atoms with Crippen molar-refractivity contribution in [3.8, 4) is 0 Å². The largest absolute Gasteiger partial charge is 0.452 e. The SMILES string of the molecule is CN(C)c1ccc(CNC(=O)COC(=O)c2ccccc2[S@](C)=O)cc1. The van der Waals surface area contributed by atoms with Gasteiger partial charge < -0.3 is 15.0 Å². The highest BCUT2D eigenvalue weighted by molar-refractivity contribution is 7.84. The molecule has 26 heavy (non-hydrogen) atoms. The van der Waals surface area contributed by atoms with Crippen LogP contribution in [0.3, 0.4) is 0 Å². The van der Waals surface area contributed by atoms with Crippen LogP contribution < -0.4 is 10.2 Å². The number of carbonyl (C=O) groups is 2. The Bertz CT molecular complexity index is 803. The van der Waals surface area contributed by atoms with Gasteiger partial charge in [0, 0.05) is 32.6 Å². The number of ether oxygens (including phenoxy) is 1. The van der Waals surface area contributed by atoms with Crippen molar-refractivity contribution in [2.75, 3.05) is 31.9 Å². The Hall–Kier alpha value is -2.67. The van der Waals surface area contributed by atoms with E-state index in [1.165, 1.54) is 12.3 Å². The second-order valence-corrected chi connectivity index (χ2v) is 7.21. The topological polar surface area (TPSA) is 75.7 Å². The van der Waals surface area contributed by atoms with Crippen molar-refractivity contribution in [3.63, 3.8) is 0 Å². The van der Waals surface area contributed by atoms with Crippen LogP contribution in [0, 0.1) is 0 Å². The first-order chi connectivity index (χ1) is 12.4. The van der Waals surface area contributed by atoms with E-state index in [-0.39, 0.29) is 12.2 Å². The van der Waals surface area contributed by atoms with E-state index in [4.69, 9.17) is 4.74 Å². The molecule has 2 aromatic carbocycles. The van der Waals surface area contributed by atoms with Gasteiger partial charge in [0.05, 0.1) is 21.3 Å². The minimum absolute atomic E-state index is 0.209. The molecule has 1 atom stereocenters. The molecule has 0 fully saturated rings. The highest BCUT2D eigenvalue weighted by Crippen LogP contribution is 2.14. The quantitative estimate of drug-likeness (QED) is 0.750. The number of hydrogen-bond donors (Lipinski definition) is 1. The lowest BCUT2D eigenvalue weighted by Crippen LogP contribution is -2.28. The fourth-order valence-electron chi connectivity index (χ4n) is 2.26. The molecular formula is C19H22N2O4S. The summed E-state index contributed by atoms with van der Waals surface area (Å²) in [6, 6.07) is 14.3. The van der Waals surface area contributed by atoms with Gasteiger partial charge in [-0.05, 0) is 29.8 Å². The second-order valence-electron chi connectivity index (χ2n) is 5.86. The average molecular weight is 374 g/mol. The van der Waals surface area contributed by atoms with Crippen molar-refractivity contribution in [2.45, 2.75) is 11.4 Å². The van der Waals surface area contributed by atoms with Gasteiger partial charge in [-0.2, -0.15) is 0 Å². The minimum atomic E-state index is -1.31. The third-order valence-electron chi connectivity index (χ3n) is 3.69. The molecule has 6 nitrogen and oxygen atoms in total. The van der Waals surface area contributed by atoms with Crippen molar-refractivity contribution in [3.05, 3.63) is 59.7 Å². The van der Waals surface area contributed by atoms with Gasteiger partial charge in [0.1, 0.15) is 0 Å². The van der Waals surface area contributed by atoms with Crippen LogP contribution in [0.2, 0.25) is 0 Å². The van der Waals surface area contributed by atoms with Crippen LogP contribution in [0.5, 0.6) is 0 Å². The van der Waals surface area contributed by atoms with E-state index in [0.717, 1.165) is 11.3 Å². The molecule has 0 aliphatic rings. The summed E-state index contributed by atoms with van der Waals surface area (Å²) in [7, 11) is 2.60. The molecule has 0 saturated heterocycles. The zero-order valence-corrected chi connectivity index (χ0v) is 15.8. The summed E-state index contributed by atoms with van der Waals surface area (Å²) in [4.78, 5) is 26.4. The molecule has 0 heterocycles. The molecule has 0 bridgehead atoms. The molecule has 0 radical (unpaired) electrons. The predicted molar refractivity (Wildman–Crippen MR) is 102 cm³/mol. The first-order valence-corrected chi connectivity index (χ1v) is 9.57. The summed E-state index contributed by atoms with van der Waals surface area (Å²) in [6.45, 7) is -0.0427. The lowest BCUT2D eigenvalue weighted by atomic mass is 10.2. The minimum Gasteiger partial charge on any atom is -0.452 e. The molecule has 0 spiro atoms. The maximum Gasteiger partial charge on any atom is 0.339 e. The number of rotatable bonds is 7. The predicted octanol–water partition coefficient (Wildman–Crippen LogP) is 1.96. The smallest absolute Gasteiger partial charge is 0.339 e. The third-order valence-corrected chi connectivity index (χ3v) is 4.67. The highest BCUT2D eigenvalue weighted by Gasteiger charge is 2.15. The molecule has 0 unspecified atom stereocenters. The number of carbonyl (C=O) groups excluding carboxylic acids is 2. The molecule has 0 aliphatic carbocycles. The molecule has 2 rings (SSSR count). The summed E-state index contributed by atoms with van der Waals surface area (Å²) < 4.78 is 16.7. The fourth-order valence-corrected chi connectivity index (χ4v) is 2.99. The van der Waals surface area contributed by atoms with Crippen molar-refractivity contribution in [2.24, 2.45) is 0 Å². The van der Waals surface area contributed by atoms with Crippen molar-refractivity contribution in [1.29, 1.82) is 0 Å². The Morgan fingerprint density at radius 2 is 1.73 bits per heavy atom. The van der Waals surface area contributed by atoms with Gasteiger partial charge in [0.25, 0.3) is 5.91 Å². The Kier molecular flexibility index (Phi) is 6.91. The number of anilines is 1. The Morgan fingerprint density at radius 3 is 2.35 bits per heavy atom. The molecule has 0 saturated carbocycles. The lowest BCUT2D eigenvalue weighted by Gasteiger charge is -2.13. The number of nitrogens with zero attached hydrogens (tertiary/aromatic N) is 1. The zero-order valence-electron chi connectivity index (χ0n) is 15.0. The molecule has 7 heteroatoms. The van der Waals surface area contributed by atoms with Crippen molar-refractivity contribution < 1.29 is 18.5 Å². The van der Waals surface area contributed by atoms with Gasteiger partial charge in [-0.25, -0.2) is 4.79 Å². The summed E-state index contributed by atoms with van der Waals surface area (Å²) in [5, 5.41) is 2.70. The van der Waals surface area contributed by atoms with E-state index in [1.54, 1.807) is 18.2 Å². The van der Waals surface area contributed by atoms with Gasteiger partial charge in [0.2, 0.25) is 0 Å². The molecule has 0 aliphatic heterocycles. The first-order valence-electron chi connectivity index (χ1n) is 8.01. The van der Waals surface area contributed by atoms with Crippen molar-refractivity contribution in [1.82, 2.24) is 5.32 Å². The number of benzene rings is 2. The van der Waals surface area contributed by atoms with E-state index < -0.39 is 22.7 Å². The lowest BCUT2D eigenvalue weighted by molar-refractivity contribution is -0.124. The van der Waals surface area contributed by atoms with Crippen molar-refractivity contribution >= 4 is 28.4 Å². The number of amides is 1. The Labute approximate surface area is 155 Å². The maximum atomic E-state index is 12.1. The normalized spacial score (nSPS) is 11.5. The Balaban J connectivity index is 1.85. The van der Waals surface area contributed by atoms with E-state index in [1.807, 2.05) is 43.3 Å². The van der Waals surface area contributed by atoms with Gasteiger partial charge in [-0.3, -0.25) is 9.00 Å². The van der Waals surface area contributed by atoms with E-state index in [9.17, 15) is 13.8 Å². The molecule has 1 amide bonds. The standard InChI is InChI=1S/C19H22N2O4S/c1-21(2)15-10-8-14(9-11-15)12-20-18(22)13-25-19(23)16-6-4-5-7-17(16)26(3)24/h4-11H,12-13H2,1-3H3,(H,20,22)/t26-/m0/s1. The summed E-state index contributed by atoms with van der Waals surface area (Å²) in [5.74, 6) is -1.06. The molecule has 2 aromatic rings. The van der Waals surface area contributed by atoms with Crippen LogP contribution >= 0.6 is 0 Å². The summed E-state index contributed by atoms with van der Waals surface area (Å²) in [5.41, 5.74) is 2.23. The second kappa shape index (κ2) is 9.15. The number of hydrogen-bond acceptors (Lipinski definition) is 5. The van der Waals surface area contributed by atoms with Crippen LogP contribution in [-0.4, -0.2) is 43.0 Å². The molecule has 1 N–H and O–H groups in total. The highest BCUT2D eigenvalue weighted by atomic mass is 32.2. The summed E-state index contributed by atoms with van der Waals surface area (Å²) in [6.07, 6.45) is 1.49. The molecule has 138 valence electrons. The Morgan fingerprint density at radius 1 is 1.08 bits per heavy atom. The average Bonchev–Trinajstić information content (AvgIpc) is 2.64. The fraction of sp³-hybridized carbons (Fsp3) is 0.263. The maximum absolute atomic E-state index is 12.1. The van der Waals surface area contributed by atoms with Crippen LogP contribution in [0.4, 0.5) is 5.69 Å².